The van der Waals surface area contributed by atoms with Gasteiger partial charge >= 0.3 is 12.2 Å². The Hall–Kier alpha value is -1.77. The molecule has 0 saturated carbocycles. The average Bonchev–Trinajstić information content (AvgIpc) is 2.67. The second-order valence-corrected chi connectivity index (χ2v) is 6.31. The van der Waals surface area contributed by atoms with Crippen LogP contribution in [0.5, 0.6) is 0 Å². The number of hydrogen-bond donors (Lipinski definition) is 3. The molecule has 0 radical (unpaired) electrons. The van der Waals surface area contributed by atoms with Crippen molar-refractivity contribution in [1.82, 2.24) is 20.4 Å². The normalized spacial score (nSPS) is 14.6. The number of urea groups is 1. The number of carbonyl (C=O) groups is 1. The minimum absolute atomic E-state index is 0.0652. The molecule has 3 N–H and O–H groups in total. The van der Waals surface area contributed by atoms with Crippen molar-refractivity contribution in [3.63, 3.8) is 0 Å². The second kappa shape index (κ2) is 7.87. The molecular weight excluding hydrogens is 325 g/mol. The van der Waals surface area contributed by atoms with Gasteiger partial charge in [-0.1, -0.05) is 13.8 Å². The number of halogens is 3. The van der Waals surface area contributed by atoms with Crippen molar-refractivity contribution in [1.29, 1.82) is 0 Å². The molecule has 0 fully saturated rings. The molecule has 2 amide bonds. The Bertz CT molecular complexity index is 570. The third kappa shape index (κ3) is 5.12. The van der Waals surface area contributed by atoms with E-state index in [9.17, 15) is 23.1 Å². The Morgan fingerprint density at radius 2 is 1.88 bits per heavy atom. The first-order valence-corrected chi connectivity index (χ1v) is 7.72. The third-order valence-electron chi connectivity index (χ3n) is 3.77. The molecule has 0 aliphatic rings. The van der Waals surface area contributed by atoms with Gasteiger partial charge in [0.05, 0.1) is 18.3 Å². The van der Waals surface area contributed by atoms with E-state index in [4.69, 9.17) is 0 Å². The summed E-state index contributed by atoms with van der Waals surface area (Å²) in [5.41, 5.74) is 0.471. The van der Waals surface area contributed by atoms with Gasteiger partial charge < -0.3 is 15.7 Å². The molecule has 138 valence electrons. The Labute approximate surface area is 139 Å². The number of amides is 2. The molecule has 1 aromatic rings. The van der Waals surface area contributed by atoms with Crippen molar-refractivity contribution in [3.8, 4) is 0 Å². The largest absolute Gasteiger partial charge is 0.413 e. The number of aryl methyl sites for hydroxylation is 2. The van der Waals surface area contributed by atoms with Crippen LogP contribution in [-0.2, 0) is 7.05 Å². The minimum atomic E-state index is -4.66. The highest BCUT2D eigenvalue weighted by Gasteiger charge is 2.44. The van der Waals surface area contributed by atoms with E-state index in [2.05, 4.69) is 10.4 Å². The van der Waals surface area contributed by atoms with Gasteiger partial charge in [0, 0.05) is 18.3 Å². The number of aliphatic hydroxyl groups excluding tert-OH is 1. The van der Waals surface area contributed by atoms with Gasteiger partial charge in [0.2, 0.25) is 0 Å². The Morgan fingerprint density at radius 3 is 2.25 bits per heavy atom. The van der Waals surface area contributed by atoms with E-state index in [1.165, 1.54) is 18.5 Å². The van der Waals surface area contributed by atoms with E-state index in [-0.39, 0.29) is 23.8 Å². The summed E-state index contributed by atoms with van der Waals surface area (Å²) < 4.78 is 41.7. The van der Waals surface area contributed by atoms with Crippen molar-refractivity contribution in [2.45, 2.75) is 52.4 Å². The lowest BCUT2D eigenvalue weighted by atomic mass is 10.0. The van der Waals surface area contributed by atoms with Gasteiger partial charge in [-0.15, -0.1) is 0 Å². The zero-order chi connectivity index (χ0) is 18.7. The molecule has 0 aliphatic heterocycles. The molecule has 2 atom stereocenters. The van der Waals surface area contributed by atoms with E-state index < -0.39 is 24.3 Å². The van der Waals surface area contributed by atoms with Crippen LogP contribution >= 0.6 is 0 Å². The van der Waals surface area contributed by atoms with Gasteiger partial charge in [0.1, 0.15) is 0 Å². The highest BCUT2D eigenvalue weighted by atomic mass is 19.4. The number of nitrogens with one attached hydrogen (secondary N) is 2. The van der Waals surface area contributed by atoms with Crippen LogP contribution in [-0.4, -0.2) is 39.7 Å². The van der Waals surface area contributed by atoms with Crippen molar-refractivity contribution in [2.75, 3.05) is 6.61 Å². The molecule has 1 rings (SSSR count). The lowest BCUT2D eigenvalue weighted by molar-refractivity contribution is -0.155. The first-order chi connectivity index (χ1) is 11.0. The molecule has 0 aliphatic carbocycles. The molecule has 24 heavy (non-hydrogen) atoms. The maximum absolute atomic E-state index is 13.4. The van der Waals surface area contributed by atoms with Crippen LogP contribution in [0.2, 0.25) is 0 Å². The summed E-state index contributed by atoms with van der Waals surface area (Å²) in [6.45, 7) is 6.43. The van der Waals surface area contributed by atoms with Crippen LogP contribution in [0.25, 0.3) is 0 Å². The standard InChI is InChI=1S/C15H25F3N4O2/c1-8(2)6-11(7-23)19-14(24)20-13(15(16,17)18)12-9(3)21-22(5)10(12)4/h8,11,13,23H,6-7H2,1-5H3,(H2,19,20,24). The molecule has 0 aromatic carbocycles. The minimum Gasteiger partial charge on any atom is -0.394 e. The van der Waals surface area contributed by atoms with Crippen LogP contribution in [0.15, 0.2) is 0 Å². The second-order valence-electron chi connectivity index (χ2n) is 6.31. The number of rotatable bonds is 6. The van der Waals surface area contributed by atoms with Crippen LogP contribution < -0.4 is 10.6 Å². The number of nitrogens with zero attached hydrogens (tertiary/aromatic N) is 2. The summed E-state index contributed by atoms with van der Waals surface area (Å²) in [4.78, 5) is 12.0. The summed E-state index contributed by atoms with van der Waals surface area (Å²) in [5.74, 6) is 0.184. The summed E-state index contributed by atoms with van der Waals surface area (Å²) in [6.07, 6.45) is -4.20. The molecule has 0 spiro atoms. The number of aliphatic hydroxyl groups is 1. The first-order valence-electron chi connectivity index (χ1n) is 7.72. The van der Waals surface area contributed by atoms with Crippen molar-refractivity contribution in [3.05, 3.63) is 17.0 Å². The molecule has 9 heteroatoms. The maximum atomic E-state index is 13.4. The predicted octanol–water partition coefficient (Wildman–Crippen LogP) is 2.35. The molecule has 1 aromatic heterocycles. The summed E-state index contributed by atoms with van der Waals surface area (Å²) in [7, 11) is 1.55. The Kier molecular flexibility index (Phi) is 6.65. The number of hydrogen-bond acceptors (Lipinski definition) is 3. The number of carbonyl (C=O) groups excluding carboxylic acids is 1. The number of aromatic nitrogens is 2. The van der Waals surface area contributed by atoms with Gasteiger partial charge in [-0.2, -0.15) is 18.3 Å². The SMILES string of the molecule is Cc1nn(C)c(C)c1C(NC(=O)NC(CO)CC(C)C)C(F)(F)F. The summed E-state index contributed by atoms with van der Waals surface area (Å²) in [6, 6.07) is -3.74. The topological polar surface area (TPSA) is 79.2 Å². The predicted molar refractivity (Wildman–Crippen MR) is 83.5 cm³/mol. The quantitative estimate of drug-likeness (QED) is 0.737. The van der Waals surface area contributed by atoms with Gasteiger partial charge in [-0.25, -0.2) is 4.79 Å². The highest BCUT2D eigenvalue weighted by Crippen LogP contribution is 2.35. The lowest BCUT2D eigenvalue weighted by Crippen LogP contribution is -2.48. The van der Waals surface area contributed by atoms with Gasteiger partial charge in [-0.3, -0.25) is 4.68 Å². The highest BCUT2D eigenvalue weighted by molar-refractivity contribution is 5.75. The fraction of sp³-hybridized carbons (Fsp3) is 0.733. The first kappa shape index (κ1) is 20.3. The van der Waals surface area contributed by atoms with Crippen LogP contribution in [0.4, 0.5) is 18.0 Å². The summed E-state index contributed by atoms with van der Waals surface area (Å²) >= 11 is 0. The molecular formula is C15H25F3N4O2. The van der Waals surface area contributed by atoms with Crippen LogP contribution in [0, 0.1) is 19.8 Å². The molecule has 0 bridgehead atoms. The molecule has 0 saturated heterocycles. The van der Waals surface area contributed by atoms with Crippen molar-refractivity contribution < 1.29 is 23.1 Å². The fourth-order valence-electron chi connectivity index (χ4n) is 2.63. The maximum Gasteiger partial charge on any atom is 0.413 e. The van der Waals surface area contributed by atoms with Crippen LogP contribution in [0.3, 0.4) is 0 Å². The van der Waals surface area contributed by atoms with Crippen molar-refractivity contribution >= 4 is 6.03 Å². The van der Waals surface area contributed by atoms with Gasteiger partial charge in [-0.05, 0) is 26.2 Å². The van der Waals surface area contributed by atoms with Crippen molar-refractivity contribution in [2.24, 2.45) is 13.0 Å². The molecule has 1 heterocycles. The molecule has 2 unspecified atom stereocenters. The van der Waals surface area contributed by atoms with E-state index in [0.717, 1.165) is 0 Å². The Balaban J connectivity index is 2.98. The average molecular weight is 350 g/mol. The Morgan fingerprint density at radius 1 is 1.29 bits per heavy atom. The zero-order valence-electron chi connectivity index (χ0n) is 14.5. The van der Waals surface area contributed by atoms with Crippen LogP contribution in [0.1, 0.15) is 43.3 Å². The third-order valence-corrected chi connectivity index (χ3v) is 3.77. The fourth-order valence-corrected chi connectivity index (χ4v) is 2.63. The smallest absolute Gasteiger partial charge is 0.394 e. The number of alkyl halides is 3. The monoisotopic (exact) mass is 350 g/mol. The van der Waals surface area contributed by atoms with E-state index in [1.54, 1.807) is 7.05 Å². The van der Waals surface area contributed by atoms with E-state index in [1.807, 2.05) is 19.2 Å². The van der Waals surface area contributed by atoms with E-state index in [0.29, 0.717) is 12.1 Å². The van der Waals surface area contributed by atoms with Gasteiger partial charge in [0.15, 0.2) is 6.04 Å². The summed E-state index contributed by atoms with van der Waals surface area (Å²) in [5, 5.41) is 17.6. The van der Waals surface area contributed by atoms with E-state index >= 15 is 0 Å². The lowest BCUT2D eigenvalue weighted by Gasteiger charge is -2.25. The van der Waals surface area contributed by atoms with Gasteiger partial charge in [0.25, 0.3) is 0 Å². The zero-order valence-corrected chi connectivity index (χ0v) is 14.5. The molecule has 6 nitrogen and oxygen atoms in total.